The van der Waals surface area contributed by atoms with Gasteiger partial charge in [-0.2, -0.15) is 5.26 Å². The Balaban J connectivity index is 1.89. The van der Waals surface area contributed by atoms with E-state index in [-0.39, 0.29) is 11.3 Å². The largest absolute Gasteiger partial charge is 0.507 e. The molecular formula is C29H35N3O8. The molecule has 4 rings (SSSR count). The van der Waals surface area contributed by atoms with Crippen LogP contribution in [-0.4, -0.2) is 81.1 Å². The summed E-state index contributed by atoms with van der Waals surface area (Å²) < 4.78 is 0. The zero-order valence-corrected chi connectivity index (χ0v) is 23.2. The number of ketones is 4. The average Bonchev–Trinajstić information content (AvgIpc) is 2.85. The van der Waals surface area contributed by atoms with Crippen LogP contribution in [0.1, 0.15) is 67.4 Å². The number of phenolic OH excluding ortho intramolecular Hbond substituents is 1. The van der Waals surface area contributed by atoms with Crippen molar-refractivity contribution in [1.29, 1.82) is 5.26 Å². The number of aliphatic hydroxyl groups excluding tert-OH is 1. The Morgan fingerprint density at radius 2 is 1.80 bits per heavy atom. The molecule has 3 aliphatic rings. The van der Waals surface area contributed by atoms with Crippen LogP contribution in [0, 0.1) is 35.0 Å². The van der Waals surface area contributed by atoms with Gasteiger partial charge in [-0.3, -0.25) is 28.9 Å². The molecule has 0 aliphatic heterocycles. The number of benzene rings is 1. The zero-order valence-electron chi connectivity index (χ0n) is 23.2. The molecule has 40 heavy (non-hydrogen) atoms. The van der Waals surface area contributed by atoms with E-state index in [1.165, 1.54) is 19.0 Å². The minimum atomic E-state index is -3.03. The van der Waals surface area contributed by atoms with Gasteiger partial charge in [-0.1, -0.05) is 32.9 Å². The van der Waals surface area contributed by atoms with Gasteiger partial charge in [0, 0.05) is 17.9 Å². The number of carbonyl (C=O) groups is 5. The average molecular weight is 554 g/mol. The first-order chi connectivity index (χ1) is 18.5. The molecule has 1 amide bonds. The van der Waals surface area contributed by atoms with Gasteiger partial charge in [0.25, 0.3) is 0 Å². The SMILES string of the molecule is C[C@@H]1c2ccc(C(C)(C)CCCC#N)c(O)c2C(=O)C2C(=O)[C@@]3(O)C(=O)C(C(N)=O)C(=O)[C@H](N(C)C)[C@H]3[C@H](O)[C@H]21. The number of unbranched alkanes of at least 4 members (excludes halogenated alkanes) is 1. The Bertz CT molecular complexity index is 1360. The lowest BCUT2D eigenvalue weighted by atomic mass is 9.49. The van der Waals surface area contributed by atoms with Gasteiger partial charge in [-0.15, -0.1) is 0 Å². The van der Waals surface area contributed by atoms with Crippen molar-refractivity contribution in [2.75, 3.05) is 14.1 Å². The number of hydrogen-bond acceptors (Lipinski definition) is 10. The molecule has 2 fully saturated rings. The molecule has 0 saturated heterocycles. The number of nitrogens with two attached hydrogens (primary N) is 1. The van der Waals surface area contributed by atoms with Gasteiger partial charge >= 0.3 is 0 Å². The summed E-state index contributed by atoms with van der Waals surface area (Å²) in [6.07, 6.45) is -0.260. The van der Waals surface area contributed by atoms with Crippen LogP contribution in [-0.2, 0) is 24.6 Å². The summed E-state index contributed by atoms with van der Waals surface area (Å²) >= 11 is 0. The number of nitrogens with zero attached hydrogens (tertiary/aromatic N) is 2. The number of primary amides is 1. The highest BCUT2D eigenvalue weighted by molar-refractivity contribution is 6.32. The van der Waals surface area contributed by atoms with Crippen LogP contribution >= 0.6 is 0 Å². The van der Waals surface area contributed by atoms with E-state index >= 15 is 0 Å². The number of aromatic hydroxyl groups is 1. The minimum absolute atomic E-state index is 0.128. The molecule has 0 radical (unpaired) electrons. The Kier molecular flexibility index (Phi) is 7.28. The maximum atomic E-state index is 14.1. The lowest BCUT2D eigenvalue weighted by molar-refractivity contribution is -0.196. The molecule has 8 atom stereocenters. The number of carbonyl (C=O) groups excluding carboxylic acids is 5. The maximum Gasteiger partial charge on any atom is 0.235 e. The van der Waals surface area contributed by atoms with Crippen molar-refractivity contribution in [2.45, 2.75) is 69.1 Å². The minimum Gasteiger partial charge on any atom is -0.507 e. The highest BCUT2D eigenvalue weighted by Crippen LogP contribution is 2.55. The number of rotatable bonds is 6. The molecule has 2 saturated carbocycles. The monoisotopic (exact) mass is 553 g/mol. The topological polar surface area (TPSA) is 199 Å². The number of aliphatic hydroxyl groups is 2. The van der Waals surface area contributed by atoms with Crippen molar-refractivity contribution in [1.82, 2.24) is 4.90 Å². The Labute approximate surface area is 231 Å². The molecule has 214 valence electrons. The number of fused-ring (bicyclic) bond motifs is 3. The van der Waals surface area contributed by atoms with E-state index in [2.05, 4.69) is 6.07 Å². The van der Waals surface area contributed by atoms with Crippen LogP contribution in [0.15, 0.2) is 12.1 Å². The van der Waals surface area contributed by atoms with E-state index in [0.717, 1.165) is 0 Å². The van der Waals surface area contributed by atoms with Crippen LogP contribution < -0.4 is 5.73 Å². The van der Waals surface area contributed by atoms with Crippen LogP contribution in [0.5, 0.6) is 5.75 Å². The van der Waals surface area contributed by atoms with Crippen LogP contribution in [0.4, 0.5) is 0 Å². The zero-order chi connectivity index (χ0) is 30.1. The van der Waals surface area contributed by atoms with E-state index in [4.69, 9.17) is 11.0 Å². The third kappa shape index (κ3) is 3.92. The van der Waals surface area contributed by atoms with Crippen LogP contribution in [0.2, 0.25) is 0 Å². The molecular weight excluding hydrogens is 518 g/mol. The van der Waals surface area contributed by atoms with Gasteiger partial charge in [-0.25, -0.2) is 0 Å². The summed E-state index contributed by atoms with van der Waals surface area (Å²) in [5.74, 6) is -13.4. The van der Waals surface area contributed by atoms with E-state index in [9.17, 15) is 39.3 Å². The fourth-order valence-electron chi connectivity index (χ4n) is 7.28. The van der Waals surface area contributed by atoms with Crippen molar-refractivity contribution in [2.24, 2.45) is 29.4 Å². The summed E-state index contributed by atoms with van der Waals surface area (Å²) in [4.78, 5) is 68.2. The number of amides is 1. The number of hydrogen-bond donors (Lipinski definition) is 4. The quantitative estimate of drug-likeness (QED) is 0.282. The molecule has 0 aromatic heterocycles. The van der Waals surface area contributed by atoms with Gasteiger partial charge in [-0.05, 0) is 43.8 Å². The van der Waals surface area contributed by atoms with E-state index in [0.29, 0.717) is 30.4 Å². The van der Waals surface area contributed by atoms with E-state index in [1.54, 1.807) is 19.1 Å². The summed E-state index contributed by atoms with van der Waals surface area (Å²) in [6, 6.07) is 4.02. The van der Waals surface area contributed by atoms with Crippen LogP contribution in [0.3, 0.4) is 0 Å². The lowest BCUT2D eigenvalue weighted by Crippen LogP contribution is -2.77. The molecule has 1 aromatic carbocycles. The first-order valence-electron chi connectivity index (χ1n) is 13.3. The third-order valence-corrected chi connectivity index (χ3v) is 9.31. The second kappa shape index (κ2) is 9.87. The fraction of sp³-hybridized carbons (Fsp3) is 0.586. The second-order valence-corrected chi connectivity index (χ2v) is 12.2. The molecule has 3 aliphatic carbocycles. The van der Waals surface area contributed by atoms with Crippen molar-refractivity contribution in [3.63, 3.8) is 0 Å². The number of nitriles is 1. The molecule has 0 heterocycles. The normalized spacial score (nSPS) is 33.7. The predicted octanol–water partition coefficient (Wildman–Crippen LogP) is 0.370. The predicted molar refractivity (Wildman–Crippen MR) is 140 cm³/mol. The Morgan fingerprint density at radius 1 is 1.18 bits per heavy atom. The fourth-order valence-corrected chi connectivity index (χ4v) is 7.28. The van der Waals surface area contributed by atoms with E-state index in [1.807, 2.05) is 13.8 Å². The summed E-state index contributed by atoms with van der Waals surface area (Å²) in [6.45, 7) is 5.39. The second-order valence-electron chi connectivity index (χ2n) is 12.2. The first kappa shape index (κ1) is 29.5. The summed E-state index contributed by atoms with van der Waals surface area (Å²) in [7, 11) is 2.89. The lowest BCUT2D eigenvalue weighted by Gasteiger charge is -2.56. The molecule has 0 spiro atoms. The molecule has 0 bridgehead atoms. The summed E-state index contributed by atoms with van der Waals surface area (Å²) in [5.41, 5.74) is 2.37. The van der Waals surface area contributed by atoms with Gasteiger partial charge in [0.05, 0.1) is 35.6 Å². The van der Waals surface area contributed by atoms with Gasteiger partial charge in [0.1, 0.15) is 5.75 Å². The summed E-state index contributed by atoms with van der Waals surface area (Å²) in [5, 5.41) is 43.7. The number of Topliss-reactive ketones (excluding diaryl/α,β-unsaturated/α-hetero) is 4. The third-order valence-electron chi connectivity index (χ3n) is 9.31. The van der Waals surface area contributed by atoms with Crippen molar-refractivity contribution >= 4 is 29.0 Å². The van der Waals surface area contributed by atoms with Crippen molar-refractivity contribution in [3.8, 4) is 11.8 Å². The molecule has 2 unspecified atom stereocenters. The molecule has 11 nitrogen and oxygen atoms in total. The van der Waals surface area contributed by atoms with Gasteiger partial charge in [0.15, 0.2) is 34.7 Å². The molecule has 1 aromatic rings. The van der Waals surface area contributed by atoms with Gasteiger partial charge < -0.3 is 21.1 Å². The Morgan fingerprint density at radius 3 is 2.35 bits per heavy atom. The number of likely N-dealkylation sites (N-methyl/N-ethyl adjacent to an activating group) is 1. The highest BCUT2D eigenvalue weighted by atomic mass is 16.3. The van der Waals surface area contributed by atoms with Crippen LogP contribution in [0.25, 0.3) is 0 Å². The van der Waals surface area contributed by atoms with Gasteiger partial charge in [0.2, 0.25) is 5.91 Å². The maximum absolute atomic E-state index is 14.1. The van der Waals surface area contributed by atoms with Crippen molar-refractivity contribution < 1.29 is 39.3 Å². The Hall–Kier alpha value is -3.46. The highest BCUT2D eigenvalue weighted by Gasteiger charge is 2.72. The number of phenols is 1. The molecule has 11 heteroatoms. The van der Waals surface area contributed by atoms with E-state index < -0.39 is 81.8 Å². The van der Waals surface area contributed by atoms with Crippen molar-refractivity contribution in [3.05, 3.63) is 28.8 Å². The molecule has 5 N–H and O–H groups in total. The first-order valence-corrected chi connectivity index (χ1v) is 13.3. The smallest absolute Gasteiger partial charge is 0.235 e. The standard InChI is InChI=1S/C29H35N3O8/c1-12-13-8-9-14(28(2,3)10-6-7-11-30)21(33)16(13)22(34)17-15(12)23(35)19-20(32(4)5)24(36)18(27(31)39)26(38)29(19,40)25(17)37/h8-9,12,15,17-20,23,33,35,40H,6-7,10H2,1-5H3,(H2,31,39)/t12-,15+,17?,18?,19+,20-,23-,29-/m1/s1.